The molecule has 0 saturated heterocycles. The number of nitrogens with one attached hydrogen (secondary N) is 1. The lowest BCUT2D eigenvalue weighted by molar-refractivity contribution is 0.204. The number of benzene rings is 1. The number of methoxy groups -OCH3 is 1. The quantitative estimate of drug-likeness (QED) is 0.595. The maximum Gasteiger partial charge on any atom is 0.242 e. The molecule has 0 amide bonds. The molecule has 96 valence electrons. The molecule has 0 aromatic heterocycles. The molecule has 0 unspecified atom stereocenters. The Kier molecular flexibility index (Phi) is 5.39. The van der Waals surface area contributed by atoms with Crippen molar-refractivity contribution in [3.8, 4) is 0 Å². The number of nitrogens with two attached hydrogens (primary N) is 1. The van der Waals surface area contributed by atoms with Gasteiger partial charge in [0.1, 0.15) is 4.90 Å². The molecule has 0 spiro atoms. The van der Waals surface area contributed by atoms with Gasteiger partial charge >= 0.3 is 0 Å². The molecule has 0 radical (unpaired) electrons. The highest BCUT2D eigenvalue weighted by Gasteiger charge is 2.21. The maximum atomic E-state index is 12.0. The molecule has 8 heteroatoms. The van der Waals surface area contributed by atoms with Crippen molar-refractivity contribution >= 4 is 47.6 Å². The Balaban J connectivity index is 3.07. The second kappa shape index (κ2) is 6.14. The number of halogens is 2. The Morgan fingerprint density at radius 1 is 1.35 bits per heavy atom. The molecular weight excluding hydrogens is 376 g/mol. The fourth-order valence-corrected chi connectivity index (χ4v) is 4.81. The third kappa shape index (κ3) is 3.92. The van der Waals surface area contributed by atoms with Crippen LogP contribution in [0, 0.1) is 0 Å². The van der Waals surface area contributed by atoms with Crippen LogP contribution in [0.3, 0.4) is 0 Å². The van der Waals surface area contributed by atoms with Gasteiger partial charge in [-0.3, -0.25) is 0 Å². The number of sulfonamides is 1. The van der Waals surface area contributed by atoms with Crippen LogP contribution in [0.15, 0.2) is 26.0 Å². The van der Waals surface area contributed by atoms with Crippen LogP contribution in [0.2, 0.25) is 0 Å². The predicted molar refractivity (Wildman–Crippen MR) is 73.3 cm³/mol. The number of anilines is 1. The minimum Gasteiger partial charge on any atom is -0.399 e. The van der Waals surface area contributed by atoms with Gasteiger partial charge < -0.3 is 10.5 Å². The van der Waals surface area contributed by atoms with E-state index in [0.717, 1.165) is 0 Å². The van der Waals surface area contributed by atoms with Crippen LogP contribution in [0.5, 0.6) is 0 Å². The molecule has 0 atom stereocenters. The molecular formula is C9H12Br2N2O3S. The van der Waals surface area contributed by atoms with E-state index in [4.69, 9.17) is 10.5 Å². The van der Waals surface area contributed by atoms with Gasteiger partial charge in [-0.1, -0.05) is 0 Å². The molecule has 1 aromatic rings. The lowest BCUT2D eigenvalue weighted by atomic mass is 10.3. The smallest absolute Gasteiger partial charge is 0.242 e. The van der Waals surface area contributed by atoms with E-state index < -0.39 is 10.0 Å². The zero-order chi connectivity index (χ0) is 13.1. The summed E-state index contributed by atoms with van der Waals surface area (Å²) in [5.41, 5.74) is 6.07. The van der Waals surface area contributed by atoms with Crippen LogP contribution >= 0.6 is 31.9 Å². The van der Waals surface area contributed by atoms with Crippen LogP contribution in [-0.2, 0) is 14.8 Å². The second-order valence-corrected chi connectivity index (χ2v) is 6.62. The zero-order valence-electron chi connectivity index (χ0n) is 9.04. The Morgan fingerprint density at radius 2 is 1.88 bits per heavy atom. The number of hydrogen-bond acceptors (Lipinski definition) is 4. The van der Waals surface area contributed by atoms with Crippen molar-refractivity contribution in [3.63, 3.8) is 0 Å². The summed E-state index contributed by atoms with van der Waals surface area (Å²) < 4.78 is 32.0. The van der Waals surface area contributed by atoms with E-state index in [2.05, 4.69) is 36.6 Å². The van der Waals surface area contributed by atoms with Crippen LogP contribution in [0.25, 0.3) is 0 Å². The lowest BCUT2D eigenvalue weighted by Crippen LogP contribution is -2.27. The average molecular weight is 388 g/mol. The highest BCUT2D eigenvalue weighted by Crippen LogP contribution is 2.32. The zero-order valence-corrected chi connectivity index (χ0v) is 13.0. The Labute approximate surface area is 117 Å². The van der Waals surface area contributed by atoms with E-state index in [-0.39, 0.29) is 11.4 Å². The first-order valence-electron chi connectivity index (χ1n) is 4.61. The number of hydrogen-bond donors (Lipinski definition) is 2. The number of nitrogen functional groups attached to an aromatic ring is 1. The third-order valence-electron chi connectivity index (χ3n) is 1.89. The predicted octanol–water partition coefficient (Wildman–Crippen LogP) is 1.72. The van der Waals surface area contributed by atoms with Crippen molar-refractivity contribution < 1.29 is 13.2 Å². The molecule has 1 rings (SSSR count). The van der Waals surface area contributed by atoms with Gasteiger partial charge in [-0.15, -0.1) is 0 Å². The summed E-state index contributed by atoms with van der Waals surface area (Å²) in [6, 6.07) is 3.07. The monoisotopic (exact) mass is 386 g/mol. The molecule has 0 saturated carbocycles. The fraction of sp³-hybridized carbons (Fsp3) is 0.333. The van der Waals surface area contributed by atoms with Gasteiger partial charge in [0.25, 0.3) is 0 Å². The van der Waals surface area contributed by atoms with Crippen molar-refractivity contribution in [3.05, 3.63) is 21.1 Å². The van der Waals surface area contributed by atoms with Crippen molar-refractivity contribution in [1.29, 1.82) is 0 Å². The SMILES string of the molecule is COCCNS(=O)(=O)c1c(Br)cc(N)cc1Br. The molecule has 5 nitrogen and oxygen atoms in total. The van der Waals surface area contributed by atoms with Gasteiger partial charge in [-0.25, -0.2) is 13.1 Å². The summed E-state index contributed by atoms with van der Waals surface area (Å²) in [6.07, 6.45) is 0. The van der Waals surface area contributed by atoms with Gasteiger partial charge in [0, 0.05) is 28.3 Å². The van der Waals surface area contributed by atoms with E-state index in [9.17, 15) is 8.42 Å². The molecule has 0 fully saturated rings. The van der Waals surface area contributed by atoms with Gasteiger partial charge in [-0.2, -0.15) is 0 Å². The van der Waals surface area contributed by atoms with Gasteiger partial charge in [0.2, 0.25) is 10.0 Å². The van der Waals surface area contributed by atoms with Crippen LogP contribution in [0.4, 0.5) is 5.69 Å². The molecule has 0 heterocycles. The van der Waals surface area contributed by atoms with Crippen LogP contribution in [-0.4, -0.2) is 28.7 Å². The topological polar surface area (TPSA) is 81.4 Å². The van der Waals surface area contributed by atoms with Crippen LogP contribution in [0.1, 0.15) is 0 Å². The van der Waals surface area contributed by atoms with E-state index in [0.29, 0.717) is 21.2 Å². The van der Waals surface area contributed by atoms with E-state index in [1.54, 1.807) is 0 Å². The normalized spacial score (nSPS) is 11.7. The van der Waals surface area contributed by atoms with Crippen molar-refractivity contribution in [1.82, 2.24) is 4.72 Å². The summed E-state index contributed by atoms with van der Waals surface area (Å²) in [4.78, 5) is 0.128. The van der Waals surface area contributed by atoms with Gasteiger partial charge in [-0.05, 0) is 44.0 Å². The second-order valence-electron chi connectivity index (χ2n) is 3.20. The standard InChI is InChI=1S/C9H12Br2N2O3S/c1-16-3-2-13-17(14,15)9-7(10)4-6(12)5-8(9)11/h4-5,13H,2-3,12H2,1H3. The molecule has 0 aliphatic heterocycles. The molecule has 3 N–H and O–H groups in total. The van der Waals surface area contributed by atoms with Crippen molar-refractivity contribution in [2.75, 3.05) is 26.0 Å². The lowest BCUT2D eigenvalue weighted by Gasteiger charge is -2.10. The molecule has 0 aliphatic rings. The first-order valence-corrected chi connectivity index (χ1v) is 7.68. The van der Waals surface area contributed by atoms with Crippen LogP contribution < -0.4 is 10.5 Å². The number of ether oxygens (including phenoxy) is 1. The van der Waals surface area contributed by atoms with Gasteiger partial charge in [0.15, 0.2) is 0 Å². The van der Waals surface area contributed by atoms with E-state index in [1.807, 2.05) is 0 Å². The highest BCUT2D eigenvalue weighted by atomic mass is 79.9. The summed E-state index contributed by atoms with van der Waals surface area (Å²) >= 11 is 6.36. The largest absolute Gasteiger partial charge is 0.399 e. The first kappa shape index (κ1) is 14.9. The summed E-state index contributed by atoms with van der Waals surface area (Å²) in [7, 11) is -2.09. The van der Waals surface area contributed by atoms with Crippen molar-refractivity contribution in [2.24, 2.45) is 0 Å². The maximum absolute atomic E-state index is 12.0. The summed E-state index contributed by atoms with van der Waals surface area (Å²) in [6.45, 7) is 0.519. The Bertz CT molecular complexity index is 482. The summed E-state index contributed by atoms with van der Waals surface area (Å²) in [5.74, 6) is 0. The first-order chi connectivity index (χ1) is 7.88. The highest BCUT2D eigenvalue weighted by molar-refractivity contribution is 9.11. The average Bonchev–Trinajstić information content (AvgIpc) is 2.15. The Hall–Kier alpha value is -0.150. The molecule has 0 aliphatic carbocycles. The van der Waals surface area contributed by atoms with E-state index in [1.165, 1.54) is 19.2 Å². The number of rotatable bonds is 5. The third-order valence-corrected chi connectivity index (χ3v) is 5.22. The van der Waals surface area contributed by atoms with E-state index >= 15 is 0 Å². The molecule has 1 aromatic carbocycles. The molecule has 0 bridgehead atoms. The Morgan fingerprint density at radius 3 is 2.35 bits per heavy atom. The fourth-order valence-electron chi connectivity index (χ4n) is 1.19. The van der Waals surface area contributed by atoms with Crippen molar-refractivity contribution in [2.45, 2.75) is 4.90 Å². The molecule has 17 heavy (non-hydrogen) atoms. The minimum absolute atomic E-state index is 0.128. The minimum atomic E-state index is -3.59. The summed E-state index contributed by atoms with van der Waals surface area (Å²) in [5, 5.41) is 0. The van der Waals surface area contributed by atoms with Gasteiger partial charge in [0.05, 0.1) is 6.61 Å².